The van der Waals surface area contributed by atoms with Crippen LogP contribution >= 0.6 is 0 Å². The van der Waals surface area contributed by atoms with Gasteiger partial charge in [0, 0.05) is 12.3 Å². The fourth-order valence-corrected chi connectivity index (χ4v) is 6.10. The summed E-state index contributed by atoms with van der Waals surface area (Å²) in [7, 11) is 0. The smallest absolute Gasteiger partial charge is 0.158 e. The fourth-order valence-electron chi connectivity index (χ4n) is 6.10. The summed E-state index contributed by atoms with van der Waals surface area (Å²) in [5.41, 5.74) is -0.682. The van der Waals surface area contributed by atoms with E-state index in [2.05, 4.69) is 41.5 Å². The molecule has 4 aliphatic carbocycles. The van der Waals surface area contributed by atoms with E-state index in [1.807, 2.05) is 0 Å². The van der Waals surface area contributed by atoms with Crippen molar-refractivity contribution in [2.75, 3.05) is 0 Å². The zero-order valence-electron chi connectivity index (χ0n) is 16.6. The highest BCUT2D eigenvalue weighted by Gasteiger charge is 2.59. The summed E-state index contributed by atoms with van der Waals surface area (Å²) in [5.74, 6) is 1.26. The van der Waals surface area contributed by atoms with Gasteiger partial charge < -0.3 is 14.9 Å². The second kappa shape index (κ2) is 5.69. The lowest BCUT2D eigenvalue weighted by molar-refractivity contribution is -0.289. The molecule has 0 amide bonds. The average molecular weight is 339 g/mol. The number of hydrogen-bond donors (Lipinski definition) is 2. The number of ether oxygens (including phenoxy) is 1. The minimum absolute atomic E-state index is 0.00804. The summed E-state index contributed by atoms with van der Waals surface area (Å²) in [6.07, 6.45) is 6.08. The van der Waals surface area contributed by atoms with Crippen molar-refractivity contribution in [2.24, 2.45) is 28.6 Å². The summed E-state index contributed by atoms with van der Waals surface area (Å²) in [4.78, 5) is 0. The molecule has 0 aromatic rings. The van der Waals surface area contributed by atoms with Crippen LogP contribution in [0, 0.1) is 28.6 Å². The fraction of sp³-hybridized carbons (Fsp3) is 1.00. The molecule has 4 aliphatic rings. The van der Waals surface area contributed by atoms with E-state index in [9.17, 15) is 10.2 Å². The molecule has 4 rings (SSSR count). The van der Waals surface area contributed by atoms with E-state index >= 15 is 0 Å². The monoisotopic (exact) mass is 338 g/mol. The van der Waals surface area contributed by atoms with Crippen molar-refractivity contribution < 1.29 is 14.9 Å². The molecule has 4 atom stereocenters. The summed E-state index contributed by atoms with van der Waals surface area (Å²) < 4.78 is 6.45. The van der Waals surface area contributed by atoms with Crippen LogP contribution in [-0.2, 0) is 4.74 Å². The standard InChI is InChI=1S/C21H38O3/c1-18(2,3)12-16(19(4,5)6)17(22)24-21-10-14-7-15(11-21)9-20(23,8-14)13-21/h14-17,22-23H,7-13H2,1-6H3. The van der Waals surface area contributed by atoms with Crippen molar-refractivity contribution >= 4 is 0 Å². The van der Waals surface area contributed by atoms with Crippen LogP contribution in [-0.4, -0.2) is 27.7 Å². The first-order chi connectivity index (χ1) is 10.8. The Hall–Kier alpha value is -0.120. The largest absolute Gasteiger partial charge is 0.390 e. The van der Waals surface area contributed by atoms with E-state index in [0.29, 0.717) is 11.8 Å². The third-order valence-electron chi connectivity index (χ3n) is 6.64. The van der Waals surface area contributed by atoms with E-state index in [0.717, 1.165) is 38.5 Å². The van der Waals surface area contributed by atoms with Gasteiger partial charge >= 0.3 is 0 Å². The van der Waals surface area contributed by atoms with Gasteiger partial charge in [-0.05, 0) is 61.2 Å². The molecule has 0 aromatic carbocycles. The Morgan fingerprint density at radius 1 is 1.00 bits per heavy atom. The quantitative estimate of drug-likeness (QED) is 0.742. The lowest BCUT2D eigenvalue weighted by Gasteiger charge is -2.60. The number of hydrogen-bond acceptors (Lipinski definition) is 3. The highest BCUT2D eigenvalue weighted by Crippen LogP contribution is 2.59. The Morgan fingerprint density at radius 2 is 1.54 bits per heavy atom. The van der Waals surface area contributed by atoms with Gasteiger partial charge in [0.1, 0.15) is 0 Å². The maximum Gasteiger partial charge on any atom is 0.158 e. The Morgan fingerprint density at radius 3 is 1.96 bits per heavy atom. The van der Waals surface area contributed by atoms with Gasteiger partial charge in [-0.2, -0.15) is 0 Å². The summed E-state index contributed by atoms with van der Waals surface area (Å²) >= 11 is 0. The molecule has 0 aliphatic heterocycles. The lowest BCUT2D eigenvalue weighted by atomic mass is 9.52. The molecule has 4 bridgehead atoms. The number of aliphatic hydroxyl groups excluding tert-OH is 1. The topological polar surface area (TPSA) is 49.7 Å². The molecule has 2 N–H and O–H groups in total. The lowest BCUT2D eigenvalue weighted by Crippen LogP contribution is -2.61. The molecule has 0 spiro atoms. The van der Waals surface area contributed by atoms with Crippen LogP contribution in [0.2, 0.25) is 0 Å². The van der Waals surface area contributed by atoms with Gasteiger partial charge in [-0.25, -0.2) is 0 Å². The second-order valence-corrected chi connectivity index (χ2v) is 11.6. The van der Waals surface area contributed by atoms with Crippen LogP contribution < -0.4 is 0 Å². The summed E-state index contributed by atoms with van der Waals surface area (Å²) in [6.45, 7) is 13.3. The predicted molar refractivity (Wildman–Crippen MR) is 96.5 cm³/mol. The highest BCUT2D eigenvalue weighted by atomic mass is 16.6. The first-order valence-electron chi connectivity index (χ1n) is 9.88. The Labute approximate surface area is 148 Å². The van der Waals surface area contributed by atoms with Crippen molar-refractivity contribution in [3.05, 3.63) is 0 Å². The van der Waals surface area contributed by atoms with E-state index < -0.39 is 11.9 Å². The first-order valence-corrected chi connectivity index (χ1v) is 9.88. The van der Waals surface area contributed by atoms with Crippen molar-refractivity contribution in [2.45, 2.75) is 104 Å². The predicted octanol–water partition coefficient (Wildman–Crippen LogP) is 4.50. The minimum Gasteiger partial charge on any atom is -0.390 e. The molecule has 0 aromatic heterocycles. The maximum absolute atomic E-state index is 11.0. The molecule has 0 saturated heterocycles. The molecule has 0 heterocycles. The third kappa shape index (κ3) is 3.83. The Balaban J connectivity index is 1.76. The van der Waals surface area contributed by atoms with Gasteiger partial charge in [-0.1, -0.05) is 41.5 Å². The number of rotatable bonds is 4. The van der Waals surface area contributed by atoms with E-state index in [1.54, 1.807) is 0 Å². The Kier molecular flexibility index (Phi) is 4.42. The molecule has 24 heavy (non-hydrogen) atoms. The average Bonchev–Trinajstić information content (AvgIpc) is 2.29. The molecular formula is C21H38O3. The van der Waals surface area contributed by atoms with Crippen LogP contribution in [0.5, 0.6) is 0 Å². The zero-order valence-corrected chi connectivity index (χ0v) is 16.6. The summed E-state index contributed by atoms with van der Waals surface area (Å²) in [5, 5.41) is 22.0. The highest BCUT2D eigenvalue weighted by molar-refractivity contribution is 5.10. The molecule has 4 fully saturated rings. The van der Waals surface area contributed by atoms with Crippen LogP contribution in [0.1, 0.15) is 86.5 Å². The van der Waals surface area contributed by atoms with E-state index in [4.69, 9.17) is 4.74 Å². The first kappa shape index (κ1) is 18.7. The SMILES string of the molecule is CC(C)(C)CC(C(O)OC12CC3CC(CC(O)(C3)C1)C2)C(C)(C)C. The van der Waals surface area contributed by atoms with Gasteiger partial charge in [0.15, 0.2) is 6.29 Å². The van der Waals surface area contributed by atoms with Crippen molar-refractivity contribution in [1.29, 1.82) is 0 Å². The molecule has 140 valence electrons. The van der Waals surface area contributed by atoms with Crippen molar-refractivity contribution in [3.63, 3.8) is 0 Å². The Bertz CT molecular complexity index is 456. The molecular weight excluding hydrogens is 300 g/mol. The number of aliphatic hydroxyl groups is 2. The molecule has 4 unspecified atom stereocenters. The van der Waals surface area contributed by atoms with Crippen LogP contribution in [0.25, 0.3) is 0 Å². The minimum atomic E-state index is -0.746. The zero-order chi connectivity index (χ0) is 18.0. The van der Waals surface area contributed by atoms with Gasteiger partial charge in [0.05, 0.1) is 11.2 Å². The van der Waals surface area contributed by atoms with Crippen molar-refractivity contribution in [1.82, 2.24) is 0 Å². The molecule has 3 nitrogen and oxygen atoms in total. The van der Waals surface area contributed by atoms with Gasteiger partial charge in [0.2, 0.25) is 0 Å². The normalized spacial score (nSPS) is 41.5. The maximum atomic E-state index is 11.0. The van der Waals surface area contributed by atoms with Crippen LogP contribution in [0.15, 0.2) is 0 Å². The van der Waals surface area contributed by atoms with Crippen molar-refractivity contribution in [3.8, 4) is 0 Å². The van der Waals surface area contributed by atoms with E-state index in [-0.39, 0.29) is 22.3 Å². The molecule has 3 heteroatoms. The third-order valence-corrected chi connectivity index (χ3v) is 6.64. The van der Waals surface area contributed by atoms with Crippen LogP contribution in [0.4, 0.5) is 0 Å². The van der Waals surface area contributed by atoms with Gasteiger partial charge in [-0.15, -0.1) is 0 Å². The van der Waals surface area contributed by atoms with Crippen LogP contribution in [0.3, 0.4) is 0 Å². The molecule has 4 saturated carbocycles. The van der Waals surface area contributed by atoms with Gasteiger partial charge in [0.25, 0.3) is 0 Å². The second-order valence-electron chi connectivity index (χ2n) is 11.6. The van der Waals surface area contributed by atoms with Gasteiger partial charge in [-0.3, -0.25) is 0 Å². The summed E-state index contributed by atoms with van der Waals surface area (Å²) in [6, 6.07) is 0. The molecule has 0 radical (unpaired) electrons. The van der Waals surface area contributed by atoms with E-state index in [1.165, 1.54) is 6.42 Å².